The number of ether oxygens (including phenoxy) is 1. The Hall–Kier alpha value is -4.64. The molecule has 0 fully saturated rings. The summed E-state index contributed by atoms with van der Waals surface area (Å²) in [7, 11) is 0. The van der Waals surface area contributed by atoms with Crippen molar-refractivity contribution >= 4 is 52.2 Å². The molecular formula is C25H21ClN4O7. The van der Waals surface area contributed by atoms with Crippen molar-refractivity contribution in [2.24, 2.45) is 0 Å². The van der Waals surface area contributed by atoms with Crippen LogP contribution in [0.2, 0.25) is 5.02 Å². The number of cyclic esters (lactones) is 1. The first-order valence-corrected chi connectivity index (χ1v) is 11.4. The van der Waals surface area contributed by atoms with Crippen LogP contribution in [-0.4, -0.2) is 59.0 Å². The van der Waals surface area contributed by atoms with E-state index in [9.17, 15) is 24.0 Å². The summed E-state index contributed by atoms with van der Waals surface area (Å²) in [5, 5.41) is 16.7. The lowest BCUT2D eigenvalue weighted by Gasteiger charge is -2.09. The minimum Gasteiger partial charge on any atom is -0.465 e. The fraction of sp³-hybridized carbons (Fsp3) is 0.160. The van der Waals surface area contributed by atoms with Gasteiger partial charge in [0.2, 0.25) is 0 Å². The summed E-state index contributed by atoms with van der Waals surface area (Å²) in [6.45, 7) is 0.162. The van der Waals surface area contributed by atoms with Gasteiger partial charge in [0.1, 0.15) is 6.61 Å². The summed E-state index contributed by atoms with van der Waals surface area (Å²) in [5.41, 5.74) is 1.67. The number of benzene rings is 2. The number of ketones is 1. The second kappa shape index (κ2) is 11.0. The summed E-state index contributed by atoms with van der Waals surface area (Å²) in [5.74, 6) is -3.07. The lowest BCUT2D eigenvalue weighted by molar-refractivity contribution is -0.135. The minimum atomic E-state index is -1.22. The average molecular weight is 525 g/mol. The van der Waals surface area contributed by atoms with E-state index in [1.165, 1.54) is 12.3 Å². The molecule has 1 aliphatic heterocycles. The molecular weight excluding hydrogens is 504 g/mol. The molecule has 2 heterocycles. The summed E-state index contributed by atoms with van der Waals surface area (Å²) in [4.78, 5) is 60.9. The molecule has 0 saturated heterocycles. The molecule has 1 aliphatic rings. The minimum absolute atomic E-state index is 0.0123. The van der Waals surface area contributed by atoms with Crippen molar-refractivity contribution in [2.45, 2.75) is 6.54 Å². The second-order valence-corrected chi connectivity index (χ2v) is 8.48. The fourth-order valence-corrected chi connectivity index (χ4v) is 3.97. The molecule has 0 atom stereocenters. The molecule has 0 bridgehead atoms. The molecule has 12 heteroatoms. The number of hydrogen-bond acceptors (Lipinski definition) is 6. The molecule has 11 nitrogen and oxygen atoms in total. The van der Waals surface area contributed by atoms with E-state index in [1.54, 1.807) is 28.8 Å². The molecule has 190 valence electrons. The molecule has 2 aromatic carbocycles. The van der Waals surface area contributed by atoms with Crippen LogP contribution in [0.4, 0.5) is 4.79 Å². The SMILES string of the molecule is O=C(O)NCCNC(=O)c1cccc2c1c(C(=O)C(=O)NC1=CC(=O)OC1)cn2Cc1ccc(Cl)cc1. The normalized spacial score (nSPS) is 12.6. The molecule has 0 radical (unpaired) electrons. The van der Waals surface area contributed by atoms with E-state index in [1.807, 2.05) is 12.1 Å². The highest BCUT2D eigenvalue weighted by molar-refractivity contribution is 6.45. The van der Waals surface area contributed by atoms with Crippen LogP contribution in [-0.2, 0) is 20.9 Å². The second-order valence-electron chi connectivity index (χ2n) is 8.05. The first-order chi connectivity index (χ1) is 17.7. The number of halogens is 1. The Labute approximate surface area is 215 Å². The molecule has 4 N–H and O–H groups in total. The third kappa shape index (κ3) is 5.96. The van der Waals surface area contributed by atoms with Gasteiger partial charge < -0.3 is 30.4 Å². The number of nitrogens with zero attached hydrogens (tertiary/aromatic N) is 1. The van der Waals surface area contributed by atoms with Gasteiger partial charge in [-0.05, 0) is 29.8 Å². The zero-order chi connectivity index (χ0) is 26.5. The highest BCUT2D eigenvalue weighted by atomic mass is 35.5. The number of rotatable bonds is 9. The van der Waals surface area contributed by atoms with Gasteiger partial charge in [0.15, 0.2) is 0 Å². The average Bonchev–Trinajstić information content (AvgIpc) is 3.45. The first-order valence-electron chi connectivity index (χ1n) is 11.1. The zero-order valence-electron chi connectivity index (χ0n) is 19.2. The van der Waals surface area contributed by atoms with Gasteiger partial charge >= 0.3 is 12.1 Å². The molecule has 0 unspecified atom stereocenters. The number of esters is 1. The van der Waals surface area contributed by atoms with Crippen LogP contribution < -0.4 is 16.0 Å². The van der Waals surface area contributed by atoms with Crippen LogP contribution in [0, 0.1) is 0 Å². The van der Waals surface area contributed by atoms with E-state index in [-0.39, 0.29) is 41.9 Å². The molecule has 3 aromatic rings. The largest absolute Gasteiger partial charge is 0.465 e. The monoisotopic (exact) mass is 524 g/mol. The maximum Gasteiger partial charge on any atom is 0.404 e. The maximum atomic E-state index is 13.2. The van der Waals surface area contributed by atoms with Crippen molar-refractivity contribution in [3.8, 4) is 0 Å². The number of nitrogens with one attached hydrogen (secondary N) is 3. The predicted molar refractivity (Wildman–Crippen MR) is 132 cm³/mol. The van der Waals surface area contributed by atoms with E-state index in [0.717, 1.165) is 11.6 Å². The third-order valence-corrected chi connectivity index (χ3v) is 5.74. The Balaban J connectivity index is 1.70. The van der Waals surface area contributed by atoms with Crippen molar-refractivity contribution < 1.29 is 33.8 Å². The van der Waals surface area contributed by atoms with Crippen LogP contribution in [0.3, 0.4) is 0 Å². The van der Waals surface area contributed by atoms with E-state index < -0.39 is 29.7 Å². The lowest BCUT2D eigenvalue weighted by atomic mass is 10.0. The number of carbonyl (C=O) groups excluding carboxylic acids is 4. The van der Waals surface area contributed by atoms with Gasteiger partial charge in [-0.25, -0.2) is 9.59 Å². The lowest BCUT2D eigenvalue weighted by Crippen LogP contribution is -2.34. The van der Waals surface area contributed by atoms with E-state index >= 15 is 0 Å². The van der Waals surface area contributed by atoms with Gasteiger partial charge in [-0.15, -0.1) is 0 Å². The van der Waals surface area contributed by atoms with Gasteiger partial charge in [0.25, 0.3) is 17.6 Å². The smallest absolute Gasteiger partial charge is 0.404 e. The standard InChI is InChI=1S/C25H21ClN4O7/c26-15-6-4-14(5-7-15)11-30-12-18(22(32)24(34)29-16-10-20(31)37-13-16)21-17(2-1-3-19(21)30)23(33)27-8-9-28-25(35)36/h1-7,10,12,28H,8-9,11,13H2,(H,27,33)(H,29,34)(H,35,36). The Morgan fingerprint density at radius 1 is 1.00 bits per heavy atom. The molecule has 3 amide bonds. The van der Waals surface area contributed by atoms with E-state index in [4.69, 9.17) is 21.4 Å². The molecule has 4 rings (SSSR count). The Bertz CT molecular complexity index is 1440. The van der Waals surface area contributed by atoms with Crippen LogP contribution >= 0.6 is 11.6 Å². The fourth-order valence-electron chi connectivity index (χ4n) is 3.84. The number of Topliss-reactive ketones (excluding diaryl/α,β-unsaturated/α-hetero) is 1. The van der Waals surface area contributed by atoms with Crippen molar-refractivity contribution in [3.05, 3.63) is 82.1 Å². The Kier molecular flexibility index (Phi) is 7.54. The van der Waals surface area contributed by atoms with Gasteiger partial charge in [0, 0.05) is 53.4 Å². The number of carboxylic acid groups (broad SMARTS) is 1. The van der Waals surface area contributed by atoms with Crippen LogP contribution in [0.1, 0.15) is 26.3 Å². The highest BCUT2D eigenvalue weighted by Gasteiger charge is 2.27. The van der Waals surface area contributed by atoms with E-state index in [2.05, 4.69) is 16.0 Å². The summed E-state index contributed by atoms with van der Waals surface area (Å²) >= 11 is 5.98. The van der Waals surface area contributed by atoms with Crippen LogP contribution in [0.15, 0.2) is 60.4 Å². The summed E-state index contributed by atoms with van der Waals surface area (Å²) in [6, 6.07) is 12.0. The van der Waals surface area contributed by atoms with E-state index in [0.29, 0.717) is 17.1 Å². The van der Waals surface area contributed by atoms with Crippen molar-refractivity contribution in [1.82, 2.24) is 20.5 Å². The van der Waals surface area contributed by atoms with Gasteiger partial charge in [-0.1, -0.05) is 29.8 Å². The topological polar surface area (TPSA) is 156 Å². The summed E-state index contributed by atoms with van der Waals surface area (Å²) < 4.78 is 6.49. The van der Waals surface area contributed by atoms with Crippen molar-refractivity contribution in [1.29, 1.82) is 0 Å². The number of hydrogen-bond donors (Lipinski definition) is 4. The van der Waals surface area contributed by atoms with Gasteiger partial charge in [-0.3, -0.25) is 14.4 Å². The number of amides is 3. The molecule has 0 saturated carbocycles. The number of aromatic nitrogens is 1. The molecule has 0 aliphatic carbocycles. The Morgan fingerprint density at radius 2 is 1.73 bits per heavy atom. The van der Waals surface area contributed by atoms with Crippen LogP contribution in [0.25, 0.3) is 10.9 Å². The predicted octanol–water partition coefficient (Wildman–Crippen LogP) is 2.08. The number of fused-ring (bicyclic) bond motifs is 1. The molecule has 37 heavy (non-hydrogen) atoms. The van der Waals surface area contributed by atoms with Crippen molar-refractivity contribution in [2.75, 3.05) is 19.7 Å². The first kappa shape index (κ1) is 25.5. The molecule has 1 aromatic heterocycles. The van der Waals surface area contributed by atoms with Crippen LogP contribution in [0.5, 0.6) is 0 Å². The quantitative estimate of drug-likeness (QED) is 0.144. The van der Waals surface area contributed by atoms with Gasteiger partial charge in [0.05, 0.1) is 11.3 Å². The van der Waals surface area contributed by atoms with Crippen molar-refractivity contribution in [3.63, 3.8) is 0 Å². The Morgan fingerprint density at radius 3 is 2.41 bits per heavy atom. The third-order valence-electron chi connectivity index (χ3n) is 5.49. The number of carbonyl (C=O) groups is 5. The maximum absolute atomic E-state index is 13.2. The summed E-state index contributed by atoms with van der Waals surface area (Å²) in [6.07, 6.45) is 1.35. The zero-order valence-corrected chi connectivity index (χ0v) is 20.0. The van der Waals surface area contributed by atoms with Gasteiger partial charge in [-0.2, -0.15) is 0 Å². The highest BCUT2D eigenvalue weighted by Crippen LogP contribution is 2.27. The molecule has 0 spiro atoms.